The summed E-state index contributed by atoms with van der Waals surface area (Å²) in [6, 6.07) is 14.9. The first-order valence-electron chi connectivity index (χ1n) is 8.66. The summed E-state index contributed by atoms with van der Waals surface area (Å²) >= 11 is 1.45. The third-order valence-corrected chi connectivity index (χ3v) is 4.80. The van der Waals surface area contributed by atoms with Gasteiger partial charge in [0.25, 0.3) is 5.91 Å². The van der Waals surface area contributed by atoms with E-state index in [1.165, 1.54) is 11.8 Å². The third-order valence-electron chi connectivity index (χ3n) is 4.25. The van der Waals surface area contributed by atoms with E-state index < -0.39 is 0 Å². The second-order valence-corrected chi connectivity index (χ2v) is 6.97. The van der Waals surface area contributed by atoms with Gasteiger partial charge in [-0.2, -0.15) is 0 Å². The molecule has 0 bridgehead atoms. The lowest BCUT2D eigenvalue weighted by molar-refractivity contribution is 0.0930. The van der Waals surface area contributed by atoms with Crippen molar-refractivity contribution in [2.24, 2.45) is 0 Å². The summed E-state index contributed by atoms with van der Waals surface area (Å²) in [5.74, 6) is 0.430. The van der Waals surface area contributed by atoms with Crippen LogP contribution in [-0.2, 0) is 0 Å². The van der Waals surface area contributed by atoms with Gasteiger partial charge in [-0.05, 0) is 37.3 Å². The molecule has 7 heteroatoms. The summed E-state index contributed by atoms with van der Waals surface area (Å²) in [6.07, 6.45) is 2.36. The number of aliphatic hydroxyl groups is 1. The van der Waals surface area contributed by atoms with E-state index in [1.54, 1.807) is 12.1 Å². The Labute approximate surface area is 162 Å². The molecular weight excluding hydrogens is 360 g/mol. The smallest absolute Gasteiger partial charge is 0.251 e. The van der Waals surface area contributed by atoms with Gasteiger partial charge in [-0.1, -0.05) is 53.7 Å². The Bertz CT molecular complexity index is 908. The van der Waals surface area contributed by atoms with E-state index in [0.29, 0.717) is 23.0 Å². The van der Waals surface area contributed by atoms with Gasteiger partial charge in [0.1, 0.15) is 0 Å². The van der Waals surface area contributed by atoms with E-state index in [9.17, 15) is 9.90 Å². The first-order chi connectivity index (χ1) is 13.1. The van der Waals surface area contributed by atoms with Crippen LogP contribution in [0.1, 0.15) is 33.9 Å². The molecule has 0 saturated heterocycles. The fourth-order valence-corrected chi connectivity index (χ4v) is 3.09. The average molecular weight is 382 g/mol. The molecule has 1 amide bonds. The SMILES string of the molecule is CSc1n[nH]c(-c2cccc(C(=O)N[C@@H](CCO)c3ccc(C)cc3)c2)n1. The highest BCUT2D eigenvalue weighted by molar-refractivity contribution is 7.98. The Hall–Kier alpha value is -2.64. The quantitative estimate of drug-likeness (QED) is 0.545. The largest absolute Gasteiger partial charge is 0.396 e. The van der Waals surface area contributed by atoms with E-state index in [1.807, 2.05) is 49.6 Å². The number of H-pyrrole nitrogens is 1. The van der Waals surface area contributed by atoms with Crippen LogP contribution in [0.25, 0.3) is 11.4 Å². The Morgan fingerprint density at radius 1 is 1.26 bits per heavy atom. The van der Waals surface area contributed by atoms with Gasteiger partial charge < -0.3 is 10.4 Å². The number of aromatic nitrogens is 3. The summed E-state index contributed by atoms with van der Waals surface area (Å²) in [4.78, 5) is 17.1. The van der Waals surface area contributed by atoms with Crippen molar-refractivity contribution in [3.63, 3.8) is 0 Å². The van der Waals surface area contributed by atoms with Crippen molar-refractivity contribution in [3.05, 3.63) is 65.2 Å². The van der Waals surface area contributed by atoms with Crippen molar-refractivity contribution in [1.82, 2.24) is 20.5 Å². The number of rotatable bonds is 7. The monoisotopic (exact) mass is 382 g/mol. The average Bonchev–Trinajstić information content (AvgIpc) is 3.18. The van der Waals surface area contributed by atoms with Crippen LogP contribution in [0, 0.1) is 6.92 Å². The number of aromatic amines is 1. The number of hydrogen-bond donors (Lipinski definition) is 3. The molecule has 3 N–H and O–H groups in total. The van der Waals surface area contributed by atoms with Gasteiger partial charge in [0, 0.05) is 17.7 Å². The first-order valence-corrected chi connectivity index (χ1v) is 9.88. The topological polar surface area (TPSA) is 90.9 Å². The molecule has 1 atom stereocenters. The Morgan fingerprint density at radius 2 is 2.04 bits per heavy atom. The normalized spacial score (nSPS) is 12.0. The zero-order valence-electron chi connectivity index (χ0n) is 15.3. The second kappa shape index (κ2) is 8.83. The van der Waals surface area contributed by atoms with Crippen LogP contribution in [0.2, 0.25) is 0 Å². The van der Waals surface area contributed by atoms with E-state index in [0.717, 1.165) is 16.7 Å². The maximum Gasteiger partial charge on any atom is 0.251 e. The van der Waals surface area contributed by atoms with Gasteiger partial charge in [0.05, 0.1) is 6.04 Å². The fraction of sp³-hybridized carbons (Fsp3) is 0.250. The standard InChI is InChI=1S/C20H22N4O2S/c1-13-6-8-14(9-7-13)17(10-11-25)21-19(26)16-5-3-4-15(12-16)18-22-20(27-2)24-23-18/h3-9,12,17,25H,10-11H2,1-2H3,(H,21,26)(H,22,23,24)/t17-/m0/s1. The van der Waals surface area contributed by atoms with E-state index >= 15 is 0 Å². The number of hydrogen-bond acceptors (Lipinski definition) is 5. The van der Waals surface area contributed by atoms with Crippen molar-refractivity contribution in [3.8, 4) is 11.4 Å². The van der Waals surface area contributed by atoms with Crippen molar-refractivity contribution >= 4 is 17.7 Å². The molecule has 0 aliphatic carbocycles. The van der Waals surface area contributed by atoms with Crippen LogP contribution < -0.4 is 5.32 Å². The third kappa shape index (κ3) is 4.75. The molecule has 0 fully saturated rings. The highest BCUT2D eigenvalue weighted by Crippen LogP contribution is 2.21. The minimum atomic E-state index is -0.250. The number of carbonyl (C=O) groups is 1. The van der Waals surface area contributed by atoms with Gasteiger partial charge in [-0.15, -0.1) is 5.10 Å². The van der Waals surface area contributed by atoms with Crippen molar-refractivity contribution in [1.29, 1.82) is 0 Å². The van der Waals surface area contributed by atoms with Crippen molar-refractivity contribution < 1.29 is 9.90 Å². The molecule has 0 aliphatic rings. The van der Waals surface area contributed by atoms with Gasteiger partial charge in [-0.3, -0.25) is 9.89 Å². The molecule has 6 nitrogen and oxygen atoms in total. The predicted molar refractivity (Wildman–Crippen MR) is 107 cm³/mol. The zero-order valence-corrected chi connectivity index (χ0v) is 16.1. The highest BCUT2D eigenvalue weighted by atomic mass is 32.2. The van der Waals surface area contributed by atoms with Gasteiger partial charge in [0.15, 0.2) is 5.82 Å². The van der Waals surface area contributed by atoms with Crippen LogP contribution in [0.3, 0.4) is 0 Å². The predicted octanol–water partition coefficient (Wildman–Crippen LogP) is 3.36. The molecule has 0 aliphatic heterocycles. The molecule has 3 rings (SSSR count). The minimum absolute atomic E-state index is 0.00557. The lowest BCUT2D eigenvalue weighted by atomic mass is 10.0. The Morgan fingerprint density at radius 3 is 2.70 bits per heavy atom. The van der Waals surface area contributed by atoms with Gasteiger partial charge in [-0.25, -0.2) is 4.98 Å². The number of aryl methyl sites for hydroxylation is 1. The number of nitrogens with zero attached hydrogens (tertiary/aromatic N) is 2. The summed E-state index contributed by atoms with van der Waals surface area (Å²) < 4.78 is 0. The zero-order chi connectivity index (χ0) is 19.2. The molecular formula is C20H22N4O2S. The number of nitrogens with one attached hydrogen (secondary N) is 2. The van der Waals surface area contributed by atoms with Crippen LogP contribution in [0.5, 0.6) is 0 Å². The molecule has 0 saturated carbocycles. The van der Waals surface area contributed by atoms with E-state index in [-0.39, 0.29) is 18.6 Å². The molecule has 0 radical (unpaired) electrons. The number of aliphatic hydroxyl groups excluding tert-OH is 1. The van der Waals surface area contributed by atoms with E-state index in [4.69, 9.17) is 0 Å². The molecule has 140 valence electrons. The Kier molecular flexibility index (Phi) is 6.26. The maximum atomic E-state index is 12.8. The number of carbonyl (C=O) groups excluding carboxylic acids is 1. The van der Waals surface area contributed by atoms with E-state index in [2.05, 4.69) is 20.5 Å². The summed E-state index contributed by atoms with van der Waals surface area (Å²) in [7, 11) is 0. The molecule has 0 spiro atoms. The summed E-state index contributed by atoms with van der Waals surface area (Å²) in [5.41, 5.74) is 3.45. The molecule has 27 heavy (non-hydrogen) atoms. The maximum absolute atomic E-state index is 12.8. The Balaban J connectivity index is 1.79. The highest BCUT2D eigenvalue weighted by Gasteiger charge is 2.16. The second-order valence-electron chi connectivity index (χ2n) is 6.20. The first kappa shape index (κ1) is 19.1. The molecule has 3 aromatic rings. The number of thioether (sulfide) groups is 1. The van der Waals surface area contributed by atoms with Gasteiger partial charge >= 0.3 is 0 Å². The molecule has 1 heterocycles. The van der Waals surface area contributed by atoms with Crippen LogP contribution in [0.15, 0.2) is 53.7 Å². The van der Waals surface area contributed by atoms with Crippen LogP contribution >= 0.6 is 11.8 Å². The fourth-order valence-electron chi connectivity index (χ4n) is 2.77. The van der Waals surface area contributed by atoms with Gasteiger partial charge in [0.2, 0.25) is 5.16 Å². The summed E-state index contributed by atoms with van der Waals surface area (Å²) in [5, 5.41) is 20.0. The number of benzene rings is 2. The molecule has 1 aromatic heterocycles. The summed E-state index contributed by atoms with van der Waals surface area (Å²) in [6.45, 7) is 2.01. The van der Waals surface area contributed by atoms with Crippen LogP contribution in [-0.4, -0.2) is 39.1 Å². The lowest BCUT2D eigenvalue weighted by Crippen LogP contribution is -2.29. The van der Waals surface area contributed by atoms with Crippen LogP contribution in [0.4, 0.5) is 0 Å². The van der Waals surface area contributed by atoms with Crippen molar-refractivity contribution in [2.45, 2.75) is 24.5 Å². The van der Waals surface area contributed by atoms with Crippen molar-refractivity contribution in [2.75, 3.05) is 12.9 Å². The molecule has 2 aromatic carbocycles. The number of amides is 1. The minimum Gasteiger partial charge on any atom is -0.396 e. The lowest BCUT2D eigenvalue weighted by Gasteiger charge is -2.19. The molecule has 0 unspecified atom stereocenters.